The lowest BCUT2D eigenvalue weighted by atomic mass is 10.2. The molecule has 0 saturated heterocycles. The lowest BCUT2D eigenvalue weighted by Crippen LogP contribution is -2.07. The molecular formula is C18H16F3N5O3. The number of alkyl halides is 3. The number of nitrogens with one attached hydrogen (secondary N) is 1. The Bertz CT molecular complexity index is 1200. The highest BCUT2D eigenvalue weighted by atomic mass is 19.4. The van der Waals surface area contributed by atoms with E-state index in [0.29, 0.717) is 11.0 Å². The number of benzene rings is 1. The van der Waals surface area contributed by atoms with Crippen molar-refractivity contribution in [1.82, 2.24) is 19.5 Å². The predicted octanol–water partition coefficient (Wildman–Crippen LogP) is 4.60. The fraction of sp³-hybridized carbons (Fsp3) is 0.222. The Morgan fingerprint density at radius 1 is 1.10 bits per heavy atom. The number of oxazole rings is 1. The van der Waals surface area contributed by atoms with E-state index in [1.807, 2.05) is 13.8 Å². The van der Waals surface area contributed by atoms with Crippen LogP contribution in [0.2, 0.25) is 0 Å². The van der Waals surface area contributed by atoms with E-state index in [0.717, 1.165) is 12.1 Å². The van der Waals surface area contributed by atoms with Crippen LogP contribution in [0.15, 0.2) is 34.7 Å². The van der Waals surface area contributed by atoms with Crippen molar-refractivity contribution in [2.24, 2.45) is 7.05 Å². The molecule has 0 unspecified atom stereocenters. The molecule has 2 N–H and O–H groups in total. The largest absolute Gasteiger partial charge is 0.478 e. The van der Waals surface area contributed by atoms with Crippen LogP contribution < -0.4 is 5.32 Å². The summed E-state index contributed by atoms with van der Waals surface area (Å²) < 4.78 is 45.1. The number of nitrogens with zero attached hydrogens (tertiary/aromatic N) is 4. The monoisotopic (exact) mass is 407 g/mol. The van der Waals surface area contributed by atoms with Crippen LogP contribution in [-0.2, 0) is 13.2 Å². The highest BCUT2D eigenvalue weighted by molar-refractivity contribution is 5.93. The number of aromatic nitrogens is 4. The number of anilines is 2. The summed E-state index contributed by atoms with van der Waals surface area (Å²) in [6.45, 7) is 4.00. The molecule has 0 bridgehead atoms. The first-order chi connectivity index (χ1) is 13.7. The summed E-state index contributed by atoms with van der Waals surface area (Å²) >= 11 is 0. The quantitative estimate of drug-likeness (QED) is 0.511. The maximum atomic E-state index is 12.7. The number of pyridine rings is 1. The van der Waals surface area contributed by atoms with Crippen LogP contribution in [0.5, 0.6) is 0 Å². The number of carboxylic acids is 1. The number of aryl methyl sites for hydroxylation is 1. The van der Waals surface area contributed by atoms with Gasteiger partial charge in [0.25, 0.3) is 0 Å². The van der Waals surface area contributed by atoms with Gasteiger partial charge in [0.15, 0.2) is 0 Å². The molecule has 0 radical (unpaired) electrons. The first-order valence-corrected chi connectivity index (χ1v) is 8.54. The number of halogens is 3. The normalized spacial score (nSPS) is 11.4. The van der Waals surface area contributed by atoms with E-state index < -0.39 is 17.8 Å². The van der Waals surface area contributed by atoms with Gasteiger partial charge < -0.3 is 14.1 Å². The molecule has 0 aliphatic heterocycles. The van der Waals surface area contributed by atoms with Crippen molar-refractivity contribution < 1.29 is 27.5 Å². The molecule has 4 rings (SSSR count). The number of rotatable bonds is 3. The molecule has 0 fully saturated rings. The SMILES string of the molecule is CC.Cn1c(Nc2nc3ccc(C(F)(F)F)nc3o2)nc2cc(C(=O)O)ccc21. The molecule has 4 aromatic rings. The molecule has 0 atom stereocenters. The van der Waals surface area contributed by atoms with Gasteiger partial charge in [0.1, 0.15) is 11.2 Å². The maximum absolute atomic E-state index is 12.7. The molecule has 29 heavy (non-hydrogen) atoms. The second-order valence-corrected chi connectivity index (χ2v) is 5.67. The smallest absolute Gasteiger partial charge is 0.433 e. The number of hydrogen-bond donors (Lipinski definition) is 2. The van der Waals surface area contributed by atoms with E-state index in [2.05, 4.69) is 20.3 Å². The molecule has 0 amide bonds. The summed E-state index contributed by atoms with van der Waals surface area (Å²) in [4.78, 5) is 22.8. The Kier molecular flexibility index (Phi) is 5.14. The van der Waals surface area contributed by atoms with E-state index in [1.165, 1.54) is 12.1 Å². The van der Waals surface area contributed by atoms with Crippen molar-refractivity contribution in [3.05, 3.63) is 41.6 Å². The summed E-state index contributed by atoms with van der Waals surface area (Å²) in [6.07, 6.45) is -4.59. The minimum atomic E-state index is -4.59. The molecule has 3 heterocycles. The summed E-state index contributed by atoms with van der Waals surface area (Å²) in [7, 11) is 1.68. The molecule has 1 aromatic carbocycles. The fourth-order valence-corrected chi connectivity index (χ4v) is 2.57. The molecule has 0 aliphatic carbocycles. The number of carbonyl (C=O) groups is 1. The van der Waals surface area contributed by atoms with Crippen molar-refractivity contribution in [3.8, 4) is 0 Å². The van der Waals surface area contributed by atoms with Gasteiger partial charge in [-0.25, -0.2) is 14.8 Å². The Hall–Kier alpha value is -3.63. The highest BCUT2D eigenvalue weighted by Crippen LogP contribution is 2.30. The van der Waals surface area contributed by atoms with Crippen molar-refractivity contribution >= 4 is 40.2 Å². The zero-order valence-corrected chi connectivity index (χ0v) is 15.6. The van der Waals surface area contributed by atoms with Crippen molar-refractivity contribution in [2.45, 2.75) is 20.0 Å². The minimum absolute atomic E-state index is 0.0814. The van der Waals surface area contributed by atoms with Gasteiger partial charge in [-0.05, 0) is 30.3 Å². The third-order valence-electron chi connectivity index (χ3n) is 3.89. The summed E-state index contributed by atoms with van der Waals surface area (Å²) in [5, 5.41) is 11.8. The molecule has 0 spiro atoms. The Labute approximate surface area is 162 Å². The zero-order valence-electron chi connectivity index (χ0n) is 15.6. The lowest BCUT2D eigenvalue weighted by Gasteiger charge is -2.03. The summed E-state index contributed by atoms with van der Waals surface area (Å²) in [6, 6.07) is 6.34. The fourth-order valence-electron chi connectivity index (χ4n) is 2.57. The number of carboxylic acid groups (broad SMARTS) is 1. The Morgan fingerprint density at radius 2 is 1.83 bits per heavy atom. The third-order valence-corrected chi connectivity index (χ3v) is 3.89. The van der Waals surface area contributed by atoms with E-state index in [4.69, 9.17) is 9.52 Å². The highest BCUT2D eigenvalue weighted by Gasteiger charge is 2.33. The minimum Gasteiger partial charge on any atom is -0.478 e. The first kappa shape index (κ1) is 20.1. The van der Waals surface area contributed by atoms with E-state index in [1.54, 1.807) is 17.7 Å². The van der Waals surface area contributed by atoms with Crippen LogP contribution in [-0.4, -0.2) is 30.6 Å². The van der Waals surface area contributed by atoms with Crippen LogP contribution in [0.25, 0.3) is 22.3 Å². The van der Waals surface area contributed by atoms with Gasteiger partial charge in [-0.1, -0.05) is 13.8 Å². The van der Waals surface area contributed by atoms with Gasteiger partial charge in [-0.2, -0.15) is 18.2 Å². The average molecular weight is 407 g/mol. The van der Waals surface area contributed by atoms with E-state index in [-0.39, 0.29) is 28.8 Å². The molecule has 0 saturated carbocycles. The molecule has 0 aliphatic rings. The second kappa shape index (κ2) is 7.41. The molecular weight excluding hydrogens is 391 g/mol. The van der Waals surface area contributed by atoms with Crippen LogP contribution in [0.3, 0.4) is 0 Å². The van der Waals surface area contributed by atoms with Crippen molar-refractivity contribution in [3.63, 3.8) is 0 Å². The van der Waals surface area contributed by atoms with Crippen LogP contribution in [0.4, 0.5) is 25.1 Å². The maximum Gasteiger partial charge on any atom is 0.433 e. The van der Waals surface area contributed by atoms with Crippen molar-refractivity contribution in [2.75, 3.05) is 5.32 Å². The van der Waals surface area contributed by atoms with Crippen LogP contribution in [0, 0.1) is 0 Å². The van der Waals surface area contributed by atoms with Crippen molar-refractivity contribution in [1.29, 1.82) is 0 Å². The Morgan fingerprint density at radius 3 is 2.48 bits per heavy atom. The lowest BCUT2D eigenvalue weighted by molar-refractivity contribution is -0.141. The van der Waals surface area contributed by atoms with Gasteiger partial charge in [0.05, 0.1) is 16.6 Å². The van der Waals surface area contributed by atoms with Crippen LogP contribution in [0.1, 0.15) is 29.9 Å². The van der Waals surface area contributed by atoms with Gasteiger partial charge in [-0.15, -0.1) is 0 Å². The van der Waals surface area contributed by atoms with E-state index >= 15 is 0 Å². The molecule has 152 valence electrons. The standard InChI is InChI=1S/C16H10F3N5O3.C2H6/c1-24-10-4-2-7(13(25)26)6-9(10)20-14(24)23-15-21-8-3-5-11(16(17,18)19)22-12(8)27-15;1-2/h2-6H,1H3,(H,25,26)(H,20,21,23);1-2H3. The van der Waals surface area contributed by atoms with Gasteiger partial charge >= 0.3 is 18.2 Å². The molecule has 8 nitrogen and oxygen atoms in total. The number of hydrogen-bond acceptors (Lipinski definition) is 6. The summed E-state index contributed by atoms with van der Waals surface area (Å²) in [5.74, 6) is -0.808. The van der Waals surface area contributed by atoms with E-state index in [9.17, 15) is 18.0 Å². The predicted molar refractivity (Wildman–Crippen MR) is 99.1 cm³/mol. The Balaban J connectivity index is 0.00000117. The van der Waals surface area contributed by atoms with Crippen LogP contribution >= 0.6 is 0 Å². The zero-order chi connectivity index (χ0) is 21.3. The van der Waals surface area contributed by atoms with Gasteiger partial charge in [0.2, 0.25) is 11.7 Å². The third kappa shape index (κ3) is 3.84. The van der Waals surface area contributed by atoms with Gasteiger partial charge in [0, 0.05) is 7.05 Å². The average Bonchev–Trinajstić information content (AvgIpc) is 3.22. The number of aromatic carboxylic acids is 1. The first-order valence-electron chi connectivity index (χ1n) is 8.54. The topological polar surface area (TPSA) is 106 Å². The molecule has 3 aromatic heterocycles. The summed E-state index contributed by atoms with van der Waals surface area (Å²) in [5.41, 5.74) is -0.0409. The number of fused-ring (bicyclic) bond motifs is 2. The number of imidazole rings is 1. The second-order valence-electron chi connectivity index (χ2n) is 5.67. The molecule has 11 heteroatoms. The van der Waals surface area contributed by atoms with Gasteiger partial charge in [-0.3, -0.25) is 5.32 Å².